The predicted molar refractivity (Wildman–Crippen MR) is 127 cm³/mol. The minimum atomic E-state index is -1.09. The largest absolute Gasteiger partial charge is 0.295 e. The summed E-state index contributed by atoms with van der Waals surface area (Å²) in [4.78, 5) is 26.2. The Kier molecular flexibility index (Phi) is 4.83. The van der Waals surface area contributed by atoms with Crippen LogP contribution in [0.15, 0.2) is 109 Å². The lowest BCUT2D eigenvalue weighted by atomic mass is 9.75. The molecule has 6 nitrogen and oxygen atoms in total. The molecule has 4 aromatic rings. The average molecular weight is 433 g/mol. The third-order valence-corrected chi connectivity index (χ3v) is 6.03. The number of amides is 1. The maximum Gasteiger partial charge on any atom is 0.278 e. The van der Waals surface area contributed by atoms with E-state index in [9.17, 15) is 14.9 Å². The topological polar surface area (TPSA) is 87.3 Å². The molecular formula is C27H19N3O3. The quantitative estimate of drug-likeness (QED) is 0.263. The molecule has 6 heteroatoms. The summed E-state index contributed by atoms with van der Waals surface area (Å²) in [5.41, 5.74) is 1.74. The fourth-order valence-electron chi connectivity index (χ4n) is 4.63. The molecule has 0 bridgehead atoms. The highest BCUT2D eigenvalue weighted by molar-refractivity contribution is 6.53. The van der Waals surface area contributed by atoms with Gasteiger partial charge in [-0.15, -0.1) is 0 Å². The van der Waals surface area contributed by atoms with Crippen LogP contribution < -0.4 is 4.90 Å². The number of hydrogen-bond acceptors (Lipinski definition) is 4. The molecule has 0 fully saturated rings. The van der Waals surface area contributed by atoms with Crippen molar-refractivity contribution in [3.8, 4) is 0 Å². The van der Waals surface area contributed by atoms with Gasteiger partial charge in [0.05, 0.1) is 10.6 Å². The van der Waals surface area contributed by atoms with Gasteiger partial charge in [-0.25, -0.2) is 0 Å². The fourth-order valence-corrected chi connectivity index (χ4v) is 4.63. The first-order valence-corrected chi connectivity index (χ1v) is 10.4. The Morgan fingerprint density at radius 3 is 1.61 bits per heavy atom. The monoisotopic (exact) mass is 433 g/mol. The van der Waals surface area contributed by atoms with Crippen molar-refractivity contribution in [2.45, 2.75) is 5.54 Å². The molecule has 160 valence electrons. The number of rotatable bonds is 5. The van der Waals surface area contributed by atoms with Crippen LogP contribution in [-0.2, 0) is 10.3 Å². The number of carbonyl (C=O) groups is 1. The molecule has 1 aliphatic rings. The number of benzene rings is 4. The summed E-state index contributed by atoms with van der Waals surface area (Å²) in [6.45, 7) is 0. The molecule has 0 atom stereocenters. The Morgan fingerprint density at radius 2 is 1.18 bits per heavy atom. The molecule has 1 heterocycles. The van der Waals surface area contributed by atoms with Crippen LogP contribution in [0.4, 0.5) is 11.4 Å². The van der Waals surface area contributed by atoms with E-state index in [1.54, 1.807) is 11.0 Å². The van der Waals surface area contributed by atoms with Gasteiger partial charge in [0.2, 0.25) is 0 Å². The molecule has 33 heavy (non-hydrogen) atoms. The summed E-state index contributed by atoms with van der Waals surface area (Å²) < 4.78 is 0. The minimum Gasteiger partial charge on any atom is -0.295 e. The zero-order chi connectivity index (χ0) is 23.0. The molecule has 0 unspecified atom stereocenters. The van der Waals surface area contributed by atoms with Gasteiger partial charge >= 0.3 is 0 Å². The van der Waals surface area contributed by atoms with E-state index in [4.69, 9.17) is 5.41 Å². The molecule has 1 amide bonds. The maximum atomic E-state index is 13.7. The standard InChI is InChI=1S/C27H19N3O3/c28-25-23-18-22(30(32)33)16-17-24(23)29(26(25)31)27(19-10-4-1-5-11-19,20-12-6-2-7-13-20)21-14-8-3-9-15-21/h1-18,28H. The number of nitro groups is 1. The van der Waals surface area contributed by atoms with Gasteiger partial charge < -0.3 is 0 Å². The van der Waals surface area contributed by atoms with Crippen molar-refractivity contribution in [3.63, 3.8) is 0 Å². The molecule has 0 aliphatic carbocycles. The summed E-state index contributed by atoms with van der Waals surface area (Å²) in [5.74, 6) is -0.512. The van der Waals surface area contributed by atoms with Crippen LogP contribution in [0, 0.1) is 15.5 Å². The highest BCUT2D eigenvalue weighted by Gasteiger charge is 2.50. The second kappa shape index (κ2) is 7.84. The summed E-state index contributed by atoms with van der Waals surface area (Å²) in [6, 6.07) is 33.2. The first-order chi connectivity index (χ1) is 16.0. The van der Waals surface area contributed by atoms with Gasteiger partial charge in [-0.1, -0.05) is 91.0 Å². The van der Waals surface area contributed by atoms with E-state index < -0.39 is 16.4 Å². The van der Waals surface area contributed by atoms with Crippen molar-refractivity contribution in [1.29, 1.82) is 5.41 Å². The average Bonchev–Trinajstić information content (AvgIpc) is 3.12. The molecule has 0 aromatic heterocycles. The summed E-state index contributed by atoms with van der Waals surface area (Å²) in [5, 5.41) is 19.9. The summed E-state index contributed by atoms with van der Waals surface area (Å²) in [7, 11) is 0. The number of nitrogens with zero attached hydrogens (tertiary/aromatic N) is 2. The van der Waals surface area contributed by atoms with Gasteiger partial charge in [-0.05, 0) is 22.8 Å². The zero-order valence-corrected chi connectivity index (χ0v) is 17.5. The molecule has 4 aromatic carbocycles. The Hall–Kier alpha value is -4.58. The van der Waals surface area contributed by atoms with Crippen molar-refractivity contribution < 1.29 is 9.72 Å². The van der Waals surface area contributed by atoms with Crippen molar-refractivity contribution in [2.24, 2.45) is 0 Å². The molecule has 5 rings (SSSR count). The number of anilines is 1. The normalized spacial score (nSPS) is 13.2. The SMILES string of the molecule is N=C1C(=O)N(C(c2ccccc2)(c2ccccc2)c2ccccc2)c2ccc([N+](=O)[O-])cc21. The summed E-state index contributed by atoms with van der Waals surface area (Å²) in [6.07, 6.45) is 0. The van der Waals surface area contributed by atoms with Crippen LogP contribution in [0.5, 0.6) is 0 Å². The van der Waals surface area contributed by atoms with Crippen LogP contribution in [0.25, 0.3) is 0 Å². The van der Waals surface area contributed by atoms with E-state index in [0.717, 1.165) is 16.7 Å². The van der Waals surface area contributed by atoms with Gasteiger partial charge in [-0.3, -0.25) is 25.2 Å². The number of nitrogens with one attached hydrogen (secondary N) is 1. The van der Waals surface area contributed by atoms with E-state index in [0.29, 0.717) is 5.69 Å². The van der Waals surface area contributed by atoms with Gasteiger partial charge in [0.1, 0.15) is 11.3 Å². The third-order valence-electron chi connectivity index (χ3n) is 6.03. The first-order valence-electron chi connectivity index (χ1n) is 10.4. The molecule has 1 aliphatic heterocycles. The highest BCUT2D eigenvalue weighted by atomic mass is 16.6. The minimum absolute atomic E-state index is 0.155. The van der Waals surface area contributed by atoms with Gasteiger partial charge in [0.15, 0.2) is 0 Å². The van der Waals surface area contributed by atoms with E-state index >= 15 is 0 Å². The van der Waals surface area contributed by atoms with E-state index in [-0.39, 0.29) is 17.0 Å². The Bertz CT molecular complexity index is 1270. The van der Waals surface area contributed by atoms with Gasteiger partial charge in [0, 0.05) is 17.7 Å². The summed E-state index contributed by atoms with van der Waals surface area (Å²) >= 11 is 0. The lowest BCUT2D eigenvalue weighted by Crippen LogP contribution is -2.51. The molecule has 1 N–H and O–H groups in total. The molecule has 0 spiro atoms. The molecular weight excluding hydrogens is 414 g/mol. The van der Waals surface area contributed by atoms with Crippen LogP contribution >= 0.6 is 0 Å². The van der Waals surface area contributed by atoms with Crippen LogP contribution in [-0.4, -0.2) is 16.5 Å². The van der Waals surface area contributed by atoms with Crippen molar-refractivity contribution in [3.05, 3.63) is 142 Å². The number of fused-ring (bicyclic) bond motifs is 1. The van der Waals surface area contributed by atoms with Crippen molar-refractivity contribution in [1.82, 2.24) is 0 Å². The highest BCUT2D eigenvalue weighted by Crippen LogP contribution is 2.48. The second-order valence-electron chi connectivity index (χ2n) is 7.78. The lowest BCUT2D eigenvalue weighted by molar-refractivity contribution is -0.384. The zero-order valence-electron chi connectivity index (χ0n) is 17.5. The van der Waals surface area contributed by atoms with E-state index in [2.05, 4.69) is 0 Å². The van der Waals surface area contributed by atoms with Crippen LogP contribution in [0.1, 0.15) is 22.3 Å². The maximum absolute atomic E-state index is 13.7. The first kappa shape index (κ1) is 20.3. The van der Waals surface area contributed by atoms with Crippen LogP contribution in [0.2, 0.25) is 0 Å². The second-order valence-corrected chi connectivity index (χ2v) is 7.78. The van der Waals surface area contributed by atoms with Gasteiger partial charge in [-0.2, -0.15) is 0 Å². The van der Waals surface area contributed by atoms with Crippen LogP contribution in [0.3, 0.4) is 0 Å². The number of nitro benzene ring substituents is 1. The predicted octanol–water partition coefficient (Wildman–Crippen LogP) is 5.30. The van der Waals surface area contributed by atoms with Crippen molar-refractivity contribution in [2.75, 3.05) is 4.90 Å². The smallest absolute Gasteiger partial charge is 0.278 e. The molecule has 0 saturated heterocycles. The van der Waals surface area contributed by atoms with Gasteiger partial charge in [0.25, 0.3) is 11.6 Å². The Morgan fingerprint density at radius 1 is 0.727 bits per heavy atom. The Balaban J connectivity index is 1.90. The number of carbonyl (C=O) groups excluding carboxylic acids is 1. The van der Waals surface area contributed by atoms with E-state index in [1.807, 2.05) is 91.0 Å². The third kappa shape index (κ3) is 3.03. The fraction of sp³-hybridized carbons (Fsp3) is 0.0370. The molecule has 0 radical (unpaired) electrons. The number of non-ortho nitro benzene ring substituents is 1. The van der Waals surface area contributed by atoms with Crippen molar-refractivity contribution >= 4 is 23.0 Å². The lowest BCUT2D eigenvalue weighted by Gasteiger charge is -2.43. The van der Waals surface area contributed by atoms with E-state index in [1.165, 1.54) is 12.1 Å². The Labute approximate surface area is 190 Å². The number of hydrogen-bond donors (Lipinski definition) is 1. The molecule has 0 saturated carbocycles.